The lowest BCUT2D eigenvalue weighted by molar-refractivity contribution is -0.141. The van der Waals surface area contributed by atoms with Crippen molar-refractivity contribution in [1.29, 1.82) is 0 Å². The van der Waals surface area contributed by atoms with Crippen LogP contribution in [0.15, 0.2) is 29.2 Å². The molecular formula is C11H11NO3S. The van der Waals surface area contributed by atoms with Gasteiger partial charge in [-0.25, -0.2) is 0 Å². The van der Waals surface area contributed by atoms with Gasteiger partial charge in [-0.05, 0) is 12.1 Å². The van der Waals surface area contributed by atoms with Crippen molar-refractivity contribution in [1.82, 2.24) is 0 Å². The van der Waals surface area contributed by atoms with Crippen molar-refractivity contribution >= 4 is 29.3 Å². The first-order chi connectivity index (χ1) is 7.66. The Bertz CT molecular complexity index is 433. The molecule has 0 radical (unpaired) electrons. The zero-order chi connectivity index (χ0) is 11.5. The Morgan fingerprint density at radius 2 is 2.25 bits per heavy atom. The molecule has 0 saturated carbocycles. The van der Waals surface area contributed by atoms with Crippen molar-refractivity contribution in [2.75, 3.05) is 11.9 Å². The van der Waals surface area contributed by atoms with E-state index in [0.29, 0.717) is 0 Å². The van der Waals surface area contributed by atoms with Crippen LogP contribution in [0.1, 0.15) is 6.92 Å². The smallest absolute Gasteiger partial charge is 0.302 e. The molecule has 2 rings (SSSR count). The van der Waals surface area contributed by atoms with Crippen molar-refractivity contribution in [2.45, 2.75) is 17.1 Å². The number of thioether (sulfide) groups is 1. The number of hydrogen-bond donors (Lipinski definition) is 1. The van der Waals surface area contributed by atoms with Gasteiger partial charge in [0.05, 0.1) is 5.69 Å². The summed E-state index contributed by atoms with van der Waals surface area (Å²) in [6.45, 7) is 1.44. The van der Waals surface area contributed by atoms with Gasteiger partial charge in [-0.1, -0.05) is 12.1 Å². The van der Waals surface area contributed by atoms with E-state index in [4.69, 9.17) is 4.74 Å². The molecule has 0 aromatic heterocycles. The second-order valence-electron chi connectivity index (χ2n) is 3.39. The number of fused-ring (bicyclic) bond motifs is 1. The molecule has 1 N–H and O–H groups in total. The molecule has 1 aromatic rings. The molecule has 84 valence electrons. The third kappa shape index (κ3) is 2.36. The number of benzene rings is 1. The maximum Gasteiger partial charge on any atom is 0.302 e. The van der Waals surface area contributed by atoms with Crippen LogP contribution in [0.3, 0.4) is 0 Å². The van der Waals surface area contributed by atoms with Crippen molar-refractivity contribution in [2.24, 2.45) is 0 Å². The van der Waals surface area contributed by atoms with Crippen LogP contribution < -0.4 is 5.32 Å². The number of hydrogen-bond acceptors (Lipinski definition) is 4. The molecule has 0 bridgehead atoms. The SMILES string of the molecule is CC(=O)OCC1Sc2ccccc2NC1=O. The van der Waals surface area contributed by atoms with Gasteiger partial charge < -0.3 is 10.1 Å². The van der Waals surface area contributed by atoms with E-state index in [1.54, 1.807) is 0 Å². The molecule has 1 atom stereocenters. The number of esters is 1. The van der Waals surface area contributed by atoms with Crippen LogP contribution in [0.25, 0.3) is 0 Å². The Hall–Kier alpha value is -1.49. The lowest BCUT2D eigenvalue weighted by Crippen LogP contribution is -2.33. The molecule has 0 spiro atoms. The molecule has 1 heterocycles. The molecule has 1 aliphatic rings. The number of anilines is 1. The van der Waals surface area contributed by atoms with Gasteiger partial charge in [-0.2, -0.15) is 0 Å². The fraction of sp³-hybridized carbons (Fsp3) is 0.273. The minimum Gasteiger partial charge on any atom is -0.464 e. The standard InChI is InChI=1S/C11H11NO3S/c1-7(13)15-6-10-11(14)12-8-4-2-3-5-9(8)16-10/h2-5,10H,6H2,1H3,(H,12,14). The summed E-state index contributed by atoms with van der Waals surface area (Å²) in [7, 11) is 0. The predicted molar refractivity (Wildman–Crippen MR) is 61.3 cm³/mol. The lowest BCUT2D eigenvalue weighted by atomic mass is 10.3. The van der Waals surface area contributed by atoms with Gasteiger partial charge in [0.15, 0.2) is 0 Å². The molecular weight excluding hydrogens is 226 g/mol. The fourth-order valence-electron chi connectivity index (χ4n) is 1.40. The van der Waals surface area contributed by atoms with E-state index < -0.39 is 0 Å². The number of ether oxygens (including phenoxy) is 1. The minimum atomic E-state index is -0.368. The van der Waals surface area contributed by atoms with E-state index in [9.17, 15) is 9.59 Å². The number of rotatable bonds is 2. The van der Waals surface area contributed by atoms with Crippen LogP contribution in [0, 0.1) is 0 Å². The van der Waals surface area contributed by atoms with Gasteiger partial charge in [0, 0.05) is 11.8 Å². The van der Waals surface area contributed by atoms with Gasteiger partial charge in [0.2, 0.25) is 5.91 Å². The van der Waals surface area contributed by atoms with Crippen LogP contribution in [0.2, 0.25) is 0 Å². The highest BCUT2D eigenvalue weighted by molar-refractivity contribution is 8.01. The first-order valence-electron chi connectivity index (χ1n) is 4.87. The molecule has 16 heavy (non-hydrogen) atoms. The third-order valence-electron chi connectivity index (χ3n) is 2.14. The third-order valence-corrected chi connectivity index (χ3v) is 3.39. The number of nitrogens with one attached hydrogen (secondary N) is 1. The molecule has 1 amide bonds. The second-order valence-corrected chi connectivity index (χ2v) is 4.64. The Balaban J connectivity index is 2.09. The largest absolute Gasteiger partial charge is 0.464 e. The number of para-hydroxylation sites is 1. The van der Waals surface area contributed by atoms with Crippen molar-refractivity contribution in [3.05, 3.63) is 24.3 Å². The van der Waals surface area contributed by atoms with E-state index in [1.165, 1.54) is 18.7 Å². The number of carbonyl (C=O) groups excluding carboxylic acids is 2. The molecule has 1 unspecified atom stereocenters. The quantitative estimate of drug-likeness (QED) is 0.795. The average molecular weight is 237 g/mol. The van der Waals surface area contributed by atoms with Gasteiger partial charge in [-0.3, -0.25) is 9.59 Å². The fourth-order valence-corrected chi connectivity index (χ4v) is 2.41. The van der Waals surface area contributed by atoms with Gasteiger partial charge in [-0.15, -0.1) is 11.8 Å². The monoisotopic (exact) mass is 237 g/mol. The van der Waals surface area contributed by atoms with E-state index in [0.717, 1.165) is 10.6 Å². The molecule has 5 heteroatoms. The Morgan fingerprint density at radius 3 is 3.00 bits per heavy atom. The van der Waals surface area contributed by atoms with Crippen LogP contribution in [-0.4, -0.2) is 23.7 Å². The summed E-state index contributed by atoms with van der Waals surface area (Å²) in [6, 6.07) is 7.56. The summed E-state index contributed by atoms with van der Waals surface area (Å²) < 4.78 is 4.85. The molecule has 4 nitrogen and oxygen atoms in total. The lowest BCUT2D eigenvalue weighted by Gasteiger charge is -2.23. The molecule has 1 aliphatic heterocycles. The predicted octanol–water partition coefficient (Wildman–Crippen LogP) is 1.66. The van der Waals surface area contributed by atoms with E-state index in [-0.39, 0.29) is 23.7 Å². The highest BCUT2D eigenvalue weighted by atomic mass is 32.2. The zero-order valence-corrected chi connectivity index (χ0v) is 9.54. The highest BCUT2D eigenvalue weighted by Crippen LogP contribution is 2.35. The van der Waals surface area contributed by atoms with Gasteiger partial charge >= 0.3 is 5.97 Å². The van der Waals surface area contributed by atoms with Crippen LogP contribution in [0.4, 0.5) is 5.69 Å². The normalized spacial score (nSPS) is 18.6. The molecule has 0 aliphatic carbocycles. The second kappa shape index (κ2) is 4.57. The van der Waals surface area contributed by atoms with Gasteiger partial charge in [0.25, 0.3) is 0 Å². The minimum absolute atomic E-state index is 0.111. The van der Waals surface area contributed by atoms with Crippen LogP contribution >= 0.6 is 11.8 Å². The summed E-state index contributed by atoms with van der Waals surface area (Å²) in [5, 5.41) is 2.42. The summed E-state index contributed by atoms with van der Waals surface area (Å²) in [6.07, 6.45) is 0. The summed E-state index contributed by atoms with van der Waals surface area (Å²) in [5.74, 6) is -0.489. The highest BCUT2D eigenvalue weighted by Gasteiger charge is 2.27. The topological polar surface area (TPSA) is 55.4 Å². The molecule has 0 fully saturated rings. The van der Waals surface area contributed by atoms with Gasteiger partial charge in [0.1, 0.15) is 11.9 Å². The summed E-state index contributed by atoms with van der Waals surface area (Å²) in [4.78, 5) is 23.3. The Labute approximate surface area is 97.4 Å². The number of carbonyl (C=O) groups is 2. The molecule has 0 saturated heterocycles. The van der Waals surface area contributed by atoms with E-state index in [2.05, 4.69) is 5.32 Å². The maximum absolute atomic E-state index is 11.6. The van der Waals surface area contributed by atoms with Crippen LogP contribution in [-0.2, 0) is 14.3 Å². The van der Waals surface area contributed by atoms with Crippen LogP contribution in [0.5, 0.6) is 0 Å². The Morgan fingerprint density at radius 1 is 1.50 bits per heavy atom. The summed E-state index contributed by atoms with van der Waals surface area (Å²) in [5.41, 5.74) is 0.816. The molecule has 1 aromatic carbocycles. The van der Waals surface area contributed by atoms with E-state index in [1.807, 2.05) is 24.3 Å². The average Bonchev–Trinajstić information content (AvgIpc) is 2.26. The van der Waals surface area contributed by atoms with E-state index >= 15 is 0 Å². The first-order valence-corrected chi connectivity index (χ1v) is 5.74. The van der Waals surface area contributed by atoms with Crippen molar-refractivity contribution < 1.29 is 14.3 Å². The summed E-state index contributed by atoms with van der Waals surface area (Å²) >= 11 is 1.42. The maximum atomic E-state index is 11.6. The van der Waals surface area contributed by atoms with Crippen molar-refractivity contribution in [3.8, 4) is 0 Å². The Kier molecular flexibility index (Phi) is 3.14. The number of amides is 1. The first kappa shape index (κ1) is 11.0. The van der Waals surface area contributed by atoms with Crippen molar-refractivity contribution in [3.63, 3.8) is 0 Å². The zero-order valence-electron chi connectivity index (χ0n) is 8.73.